The highest BCUT2D eigenvalue weighted by atomic mass is 127. The van der Waals surface area contributed by atoms with E-state index in [2.05, 4.69) is 31.6 Å². The fourth-order valence-electron chi connectivity index (χ4n) is 2.82. The van der Waals surface area contributed by atoms with Crippen molar-refractivity contribution in [3.63, 3.8) is 0 Å². The Morgan fingerprint density at radius 3 is 2.68 bits per heavy atom. The molecule has 1 aromatic rings. The zero-order valence-electron chi connectivity index (χ0n) is 15.0. The molecule has 1 saturated heterocycles. The van der Waals surface area contributed by atoms with E-state index in [1.165, 1.54) is 5.56 Å². The van der Waals surface area contributed by atoms with Crippen molar-refractivity contribution in [3.8, 4) is 0 Å². The van der Waals surface area contributed by atoms with E-state index in [-0.39, 0.29) is 29.9 Å². The van der Waals surface area contributed by atoms with Crippen molar-refractivity contribution >= 4 is 35.8 Å². The molecule has 2 rings (SSSR count). The third-order valence-electron chi connectivity index (χ3n) is 4.21. The first-order valence-corrected chi connectivity index (χ1v) is 8.46. The van der Waals surface area contributed by atoms with Crippen LogP contribution in [0, 0.1) is 6.92 Å². The van der Waals surface area contributed by atoms with Crippen molar-refractivity contribution in [2.75, 3.05) is 33.2 Å². The molecule has 4 N–H and O–H groups in total. The molecule has 1 aromatic heterocycles. The number of primary amides is 1. The van der Waals surface area contributed by atoms with Gasteiger partial charge < -0.3 is 16.4 Å². The number of amides is 1. The van der Waals surface area contributed by atoms with Gasteiger partial charge in [0.05, 0.1) is 6.54 Å². The molecule has 7 nitrogen and oxygen atoms in total. The minimum Gasteiger partial charge on any atom is -0.369 e. The number of guanidine groups is 1. The van der Waals surface area contributed by atoms with Crippen molar-refractivity contribution in [1.82, 2.24) is 20.5 Å². The number of nitrogens with one attached hydrogen (secondary N) is 2. The molecule has 0 bridgehead atoms. The lowest BCUT2D eigenvalue weighted by Gasteiger charge is -2.32. The monoisotopic (exact) mass is 460 g/mol. The zero-order valence-corrected chi connectivity index (χ0v) is 17.3. The molecule has 0 saturated carbocycles. The number of hydrogen-bond acceptors (Lipinski definition) is 4. The number of aromatic nitrogens is 1. The summed E-state index contributed by atoms with van der Waals surface area (Å²) in [7, 11) is 1.78. The van der Waals surface area contributed by atoms with Crippen LogP contribution < -0.4 is 16.4 Å². The van der Waals surface area contributed by atoms with Crippen LogP contribution >= 0.6 is 24.0 Å². The number of piperidine rings is 1. The Morgan fingerprint density at radius 2 is 2.12 bits per heavy atom. The lowest BCUT2D eigenvalue weighted by molar-refractivity contribution is -0.119. The number of aryl methyl sites for hydroxylation is 1. The molecule has 0 radical (unpaired) electrons. The quantitative estimate of drug-likeness (QED) is 0.330. The summed E-state index contributed by atoms with van der Waals surface area (Å²) in [6.07, 6.45) is 4.79. The number of nitrogens with zero attached hydrogens (tertiary/aromatic N) is 3. The minimum absolute atomic E-state index is 0. The number of nitrogens with two attached hydrogens (primary N) is 1. The topological polar surface area (TPSA) is 95.6 Å². The minimum atomic E-state index is -0.260. The third kappa shape index (κ3) is 8.00. The molecule has 1 fully saturated rings. The van der Waals surface area contributed by atoms with Gasteiger partial charge in [0.25, 0.3) is 0 Å². The van der Waals surface area contributed by atoms with E-state index >= 15 is 0 Å². The third-order valence-corrected chi connectivity index (χ3v) is 4.21. The predicted molar refractivity (Wildman–Crippen MR) is 111 cm³/mol. The molecule has 25 heavy (non-hydrogen) atoms. The van der Waals surface area contributed by atoms with Gasteiger partial charge in [-0.1, -0.05) is 6.07 Å². The molecular weight excluding hydrogens is 431 g/mol. The van der Waals surface area contributed by atoms with Gasteiger partial charge in [-0.25, -0.2) is 0 Å². The molecule has 1 aliphatic heterocycles. The number of pyridine rings is 1. The van der Waals surface area contributed by atoms with Crippen LogP contribution in [-0.4, -0.2) is 61.0 Å². The van der Waals surface area contributed by atoms with Gasteiger partial charge in [0.15, 0.2) is 5.96 Å². The molecule has 0 spiro atoms. The molecule has 0 unspecified atom stereocenters. The molecule has 140 valence electrons. The van der Waals surface area contributed by atoms with Crippen LogP contribution in [0.25, 0.3) is 0 Å². The summed E-state index contributed by atoms with van der Waals surface area (Å²) >= 11 is 0. The Balaban J connectivity index is 0.00000312. The second-order valence-corrected chi connectivity index (χ2v) is 6.22. The fourth-order valence-corrected chi connectivity index (χ4v) is 2.82. The van der Waals surface area contributed by atoms with E-state index in [1.54, 1.807) is 7.05 Å². The number of hydrogen-bond donors (Lipinski definition) is 3. The number of likely N-dealkylation sites (tertiary alicyclic amines) is 1. The summed E-state index contributed by atoms with van der Waals surface area (Å²) in [5.41, 5.74) is 7.49. The summed E-state index contributed by atoms with van der Waals surface area (Å²) in [4.78, 5) is 21.6. The van der Waals surface area contributed by atoms with Crippen LogP contribution in [0.5, 0.6) is 0 Å². The van der Waals surface area contributed by atoms with Crippen molar-refractivity contribution in [2.45, 2.75) is 32.2 Å². The van der Waals surface area contributed by atoms with Crippen molar-refractivity contribution in [2.24, 2.45) is 10.7 Å². The number of carbonyl (C=O) groups is 1. The van der Waals surface area contributed by atoms with Crippen molar-refractivity contribution in [3.05, 3.63) is 29.6 Å². The van der Waals surface area contributed by atoms with Crippen LogP contribution in [0.15, 0.2) is 23.3 Å². The number of carbonyl (C=O) groups excluding carboxylic acids is 1. The Hall–Kier alpha value is -1.42. The van der Waals surface area contributed by atoms with E-state index in [9.17, 15) is 4.79 Å². The molecule has 0 aromatic carbocycles. The highest BCUT2D eigenvalue weighted by Crippen LogP contribution is 2.09. The Morgan fingerprint density at radius 1 is 1.40 bits per heavy atom. The second-order valence-electron chi connectivity index (χ2n) is 6.22. The van der Waals surface area contributed by atoms with Crippen LogP contribution in [0.4, 0.5) is 0 Å². The van der Waals surface area contributed by atoms with Gasteiger partial charge in [-0.05, 0) is 37.8 Å². The molecule has 1 aliphatic rings. The zero-order chi connectivity index (χ0) is 17.4. The Bertz CT molecular complexity index is 555. The van der Waals surface area contributed by atoms with E-state index in [4.69, 9.17) is 5.73 Å². The average Bonchev–Trinajstić information content (AvgIpc) is 2.57. The lowest BCUT2D eigenvalue weighted by Crippen LogP contribution is -2.50. The predicted octanol–water partition coefficient (Wildman–Crippen LogP) is 0.665. The SMILES string of the molecule is CN=C(NCCc1ccc(C)nc1)NC1CCN(CC(N)=O)CC1.I. The first-order chi connectivity index (χ1) is 11.6. The van der Waals surface area contributed by atoms with E-state index < -0.39 is 0 Å². The number of halogens is 1. The molecule has 0 atom stereocenters. The summed E-state index contributed by atoms with van der Waals surface area (Å²) in [5, 5.41) is 6.80. The highest BCUT2D eigenvalue weighted by molar-refractivity contribution is 14.0. The lowest BCUT2D eigenvalue weighted by atomic mass is 10.1. The summed E-state index contributed by atoms with van der Waals surface area (Å²) in [5.74, 6) is 0.563. The van der Waals surface area contributed by atoms with Crippen LogP contribution in [0.3, 0.4) is 0 Å². The van der Waals surface area contributed by atoms with Gasteiger partial charge in [-0.15, -0.1) is 24.0 Å². The summed E-state index contributed by atoms with van der Waals surface area (Å²) in [6, 6.07) is 4.51. The maximum absolute atomic E-state index is 11.0. The maximum Gasteiger partial charge on any atom is 0.231 e. The molecule has 8 heteroatoms. The highest BCUT2D eigenvalue weighted by Gasteiger charge is 2.20. The maximum atomic E-state index is 11.0. The molecular formula is C17H29IN6O. The van der Waals surface area contributed by atoms with Gasteiger partial charge in [0, 0.05) is 44.6 Å². The largest absolute Gasteiger partial charge is 0.369 e. The van der Waals surface area contributed by atoms with E-state index in [0.29, 0.717) is 12.6 Å². The second kappa shape index (κ2) is 11.2. The van der Waals surface area contributed by atoms with Gasteiger partial charge >= 0.3 is 0 Å². The smallest absolute Gasteiger partial charge is 0.231 e. The Kier molecular flexibility index (Phi) is 9.73. The molecule has 0 aliphatic carbocycles. The van der Waals surface area contributed by atoms with Gasteiger partial charge in [0.2, 0.25) is 5.91 Å². The van der Waals surface area contributed by atoms with Crippen LogP contribution in [0.1, 0.15) is 24.1 Å². The average molecular weight is 460 g/mol. The van der Waals surface area contributed by atoms with Crippen LogP contribution in [-0.2, 0) is 11.2 Å². The summed E-state index contributed by atoms with van der Waals surface area (Å²) in [6.45, 7) is 4.91. The standard InChI is InChI=1S/C17H28N6O.HI/c1-13-3-4-14(11-21-13)5-8-20-17(19-2)22-15-6-9-23(10-7-15)12-16(18)24;/h3-4,11,15H,5-10,12H2,1-2H3,(H2,18,24)(H2,19,20,22);1H. The Labute approximate surface area is 166 Å². The van der Waals surface area contributed by atoms with Gasteiger partial charge in [-0.3, -0.25) is 19.7 Å². The molecule has 1 amide bonds. The van der Waals surface area contributed by atoms with E-state index in [0.717, 1.165) is 50.6 Å². The van der Waals surface area contributed by atoms with Gasteiger partial charge in [-0.2, -0.15) is 0 Å². The normalized spacial score (nSPS) is 16.2. The molecule has 2 heterocycles. The fraction of sp³-hybridized carbons (Fsp3) is 0.588. The summed E-state index contributed by atoms with van der Waals surface area (Å²) < 4.78 is 0. The number of rotatable bonds is 6. The van der Waals surface area contributed by atoms with Crippen molar-refractivity contribution < 1.29 is 4.79 Å². The first-order valence-electron chi connectivity index (χ1n) is 8.46. The first kappa shape index (κ1) is 21.6. The van der Waals surface area contributed by atoms with Crippen LogP contribution in [0.2, 0.25) is 0 Å². The van der Waals surface area contributed by atoms with Crippen molar-refractivity contribution in [1.29, 1.82) is 0 Å². The number of aliphatic imine (C=N–C) groups is 1. The van der Waals surface area contributed by atoms with E-state index in [1.807, 2.05) is 19.2 Å². The van der Waals surface area contributed by atoms with Gasteiger partial charge in [0.1, 0.15) is 0 Å².